The molecule has 0 spiro atoms. The van der Waals surface area contributed by atoms with Gasteiger partial charge in [0.2, 0.25) is 4.96 Å². The predicted octanol–water partition coefficient (Wildman–Crippen LogP) is 2.15. The summed E-state index contributed by atoms with van der Waals surface area (Å²) in [5.74, 6) is 0. The molecule has 0 N–H and O–H groups in total. The van der Waals surface area contributed by atoms with Gasteiger partial charge in [0, 0.05) is 31.9 Å². The summed E-state index contributed by atoms with van der Waals surface area (Å²) in [5.41, 5.74) is 3.14. The average Bonchev–Trinajstić information content (AvgIpc) is 3.13. The minimum atomic E-state index is -3.96. The van der Waals surface area contributed by atoms with Crippen molar-refractivity contribution in [3.63, 3.8) is 0 Å². The summed E-state index contributed by atoms with van der Waals surface area (Å²) in [7, 11) is -3.96. The number of benzene rings is 1. The van der Waals surface area contributed by atoms with Gasteiger partial charge in [0.1, 0.15) is 5.01 Å². The molecule has 10 heteroatoms. The first-order valence-corrected chi connectivity index (χ1v) is 12.2. The third kappa shape index (κ3) is 3.42. The lowest BCUT2D eigenvalue weighted by atomic mass is 10.1. The normalized spacial score (nSPS) is 15.8. The summed E-state index contributed by atoms with van der Waals surface area (Å²) in [5, 5.41) is 4.98. The number of rotatable bonds is 4. The van der Waals surface area contributed by atoms with Gasteiger partial charge in [0.15, 0.2) is 4.90 Å². The number of hydrogen-bond donors (Lipinski definition) is 0. The molecule has 0 radical (unpaired) electrons. The Morgan fingerprint density at radius 1 is 1.10 bits per heavy atom. The Morgan fingerprint density at radius 2 is 1.80 bits per heavy atom. The van der Waals surface area contributed by atoms with Gasteiger partial charge in [-0.2, -0.15) is 13.9 Å². The maximum absolute atomic E-state index is 13.3. The highest BCUT2D eigenvalue weighted by atomic mass is 32.2. The second kappa shape index (κ2) is 7.75. The zero-order valence-electron chi connectivity index (χ0n) is 17.5. The molecule has 2 aromatic heterocycles. The maximum atomic E-state index is 13.3. The number of fused-ring (bicyclic) bond motifs is 1. The Labute approximate surface area is 179 Å². The molecule has 160 valence electrons. The molecule has 0 unspecified atom stereocenters. The molecular weight excluding hydrogens is 422 g/mol. The summed E-state index contributed by atoms with van der Waals surface area (Å²) >= 11 is 1.31. The predicted molar refractivity (Wildman–Crippen MR) is 118 cm³/mol. The van der Waals surface area contributed by atoms with E-state index in [1.165, 1.54) is 26.8 Å². The Hall–Kier alpha value is -2.30. The van der Waals surface area contributed by atoms with E-state index >= 15 is 0 Å². The second-order valence-corrected chi connectivity index (χ2v) is 10.4. The van der Waals surface area contributed by atoms with E-state index in [1.54, 1.807) is 6.92 Å². The van der Waals surface area contributed by atoms with Crippen LogP contribution in [-0.2, 0) is 16.4 Å². The minimum absolute atomic E-state index is 0.225. The topological polar surface area (TPSA) is 87.9 Å². The van der Waals surface area contributed by atoms with Crippen LogP contribution in [-0.4, -0.2) is 53.5 Å². The van der Waals surface area contributed by atoms with Crippen molar-refractivity contribution in [2.45, 2.75) is 39.0 Å². The van der Waals surface area contributed by atoms with E-state index in [1.807, 2.05) is 13.0 Å². The van der Waals surface area contributed by atoms with Crippen molar-refractivity contribution in [2.24, 2.45) is 0 Å². The van der Waals surface area contributed by atoms with E-state index in [0.29, 0.717) is 37.6 Å². The van der Waals surface area contributed by atoms with Crippen LogP contribution in [0.1, 0.15) is 28.8 Å². The second-order valence-electron chi connectivity index (χ2n) is 7.49. The standard InChI is InChI=1S/C20H25N5O3S2/c1-5-17-22-25-19(26)18(15(4)21-20(25)29-17)30(27,28)24-11-9-23(10-12-24)16-8-6-7-13(2)14(16)3/h6-8H,5,9-12H2,1-4H3. The van der Waals surface area contributed by atoms with Crippen LogP contribution >= 0.6 is 11.3 Å². The van der Waals surface area contributed by atoms with Crippen LogP contribution in [0.2, 0.25) is 0 Å². The molecular formula is C20H25N5O3S2. The smallest absolute Gasteiger partial charge is 0.295 e. The molecule has 1 aromatic carbocycles. The van der Waals surface area contributed by atoms with Gasteiger partial charge in [0.05, 0.1) is 5.69 Å². The maximum Gasteiger partial charge on any atom is 0.295 e. The van der Waals surface area contributed by atoms with E-state index in [0.717, 1.165) is 15.2 Å². The highest BCUT2D eigenvalue weighted by Gasteiger charge is 2.34. The molecule has 1 saturated heterocycles. The molecule has 0 bridgehead atoms. The molecule has 8 nitrogen and oxygen atoms in total. The van der Waals surface area contributed by atoms with Crippen molar-refractivity contribution in [3.05, 3.63) is 50.4 Å². The van der Waals surface area contributed by atoms with Crippen molar-refractivity contribution in [1.82, 2.24) is 18.9 Å². The molecule has 1 aliphatic rings. The molecule has 3 heterocycles. The SMILES string of the molecule is CCc1nn2c(=O)c(S(=O)(=O)N3CCN(c4cccc(C)c4C)CC3)c(C)nc2s1. The van der Waals surface area contributed by atoms with Crippen LogP contribution in [0.4, 0.5) is 5.69 Å². The van der Waals surface area contributed by atoms with E-state index < -0.39 is 15.6 Å². The number of nitrogens with zero attached hydrogens (tertiary/aromatic N) is 5. The van der Waals surface area contributed by atoms with Crippen molar-refractivity contribution in [3.8, 4) is 0 Å². The fraction of sp³-hybridized carbons (Fsp3) is 0.450. The first-order valence-electron chi connectivity index (χ1n) is 9.94. The zero-order valence-corrected chi connectivity index (χ0v) is 19.2. The van der Waals surface area contributed by atoms with Crippen molar-refractivity contribution in [2.75, 3.05) is 31.1 Å². The highest BCUT2D eigenvalue weighted by Crippen LogP contribution is 2.26. The third-order valence-electron chi connectivity index (χ3n) is 5.64. The molecule has 3 aromatic rings. The first-order chi connectivity index (χ1) is 14.2. The van der Waals surface area contributed by atoms with Gasteiger partial charge in [-0.1, -0.05) is 30.4 Å². The first kappa shape index (κ1) is 21.0. The third-order valence-corrected chi connectivity index (χ3v) is 8.72. The molecule has 1 fully saturated rings. The van der Waals surface area contributed by atoms with Crippen molar-refractivity contribution in [1.29, 1.82) is 0 Å². The summed E-state index contributed by atoms with van der Waals surface area (Å²) in [6.45, 7) is 9.42. The Kier molecular flexibility index (Phi) is 5.41. The molecule has 0 saturated carbocycles. The van der Waals surface area contributed by atoms with Crippen LogP contribution in [0.15, 0.2) is 27.9 Å². The molecule has 30 heavy (non-hydrogen) atoms. The molecule has 4 rings (SSSR count). The van der Waals surface area contributed by atoms with Gasteiger partial charge in [-0.25, -0.2) is 13.4 Å². The van der Waals surface area contributed by atoms with Crippen LogP contribution in [0.5, 0.6) is 0 Å². The van der Waals surface area contributed by atoms with Gasteiger partial charge < -0.3 is 4.90 Å². The van der Waals surface area contributed by atoms with E-state index in [4.69, 9.17) is 0 Å². The summed E-state index contributed by atoms with van der Waals surface area (Å²) in [6.07, 6.45) is 0.662. The van der Waals surface area contributed by atoms with Gasteiger partial charge in [0.25, 0.3) is 15.6 Å². The van der Waals surface area contributed by atoms with Crippen LogP contribution in [0.3, 0.4) is 0 Å². The molecule has 0 atom stereocenters. The average molecular weight is 448 g/mol. The molecule has 1 aliphatic heterocycles. The number of anilines is 1. The Balaban J connectivity index is 1.64. The van der Waals surface area contributed by atoms with E-state index in [2.05, 4.69) is 41.0 Å². The van der Waals surface area contributed by atoms with Crippen LogP contribution in [0.25, 0.3) is 4.96 Å². The molecule has 0 amide bonds. The Morgan fingerprint density at radius 3 is 2.47 bits per heavy atom. The quantitative estimate of drug-likeness (QED) is 0.609. The van der Waals surface area contributed by atoms with Crippen molar-refractivity contribution >= 4 is 32.0 Å². The fourth-order valence-corrected chi connectivity index (χ4v) is 6.29. The molecule has 0 aliphatic carbocycles. The number of piperazine rings is 1. The lowest BCUT2D eigenvalue weighted by Crippen LogP contribution is -2.50. The van der Waals surface area contributed by atoms with Crippen LogP contribution in [0, 0.1) is 20.8 Å². The van der Waals surface area contributed by atoms with Crippen LogP contribution < -0.4 is 10.5 Å². The van der Waals surface area contributed by atoms with Gasteiger partial charge in [-0.15, -0.1) is 0 Å². The van der Waals surface area contributed by atoms with Gasteiger partial charge in [-0.3, -0.25) is 4.79 Å². The minimum Gasteiger partial charge on any atom is -0.369 e. The van der Waals surface area contributed by atoms with E-state index in [-0.39, 0.29) is 10.6 Å². The summed E-state index contributed by atoms with van der Waals surface area (Å²) in [6, 6.07) is 6.15. The largest absolute Gasteiger partial charge is 0.369 e. The lowest BCUT2D eigenvalue weighted by molar-refractivity contribution is 0.383. The number of sulfonamides is 1. The lowest BCUT2D eigenvalue weighted by Gasteiger charge is -2.36. The Bertz CT molecular complexity index is 1270. The number of aromatic nitrogens is 3. The fourth-order valence-electron chi connectivity index (χ4n) is 3.79. The number of aryl methyl sites for hydroxylation is 3. The monoisotopic (exact) mass is 447 g/mol. The van der Waals surface area contributed by atoms with Gasteiger partial charge >= 0.3 is 0 Å². The number of hydrogen-bond acceptors (Lipinski definition) is 7. The van der Waals surface area contributed by atoms with E-state index in [9.17, 15) is 13.2 Å². The summed E-state index contributed by atoms with van der Waals surface area (Å²) in [4.78, 5) is 19.7. The van der Waals surface area contributed by atoms with Gasteiger partial charge in [-0.05, 0) is 44.4 Å². The van der Waals surface area contributed by atoms with Crippen molar-refractivity contribution < 1.29 is 8.42 Å². The highest BCUT2D eigenvalue weighted by molar-refractivity contribution is 7.89. The summed E-state index contributed by atoms with van der Waals surface area (Å²) < 4.78 is 29.2. The zero-order chi connectivity index (χ0) is 21.6.